The van der Waals surface area contributed by atoms with E-state index in [1.54, 1.807) is 12.1 Å². The first-order valence-corrected chi connectivity index (χ1v) is 7.93. The summed E-state index contributed by atoms with van der Waals surface area (Å²) < 4.78 is 38.4. The van der Waals surface area contributed by atoms with Gasteiger partial charge in [-0.3, -0.25) is 0 Å². The number of nitrogens with zero attached hydrogens (tertiary/aromatic N) is 2. The standard InChI is InChI=1S/C19H17F3N4/c1-12-6-7-16(10-13(12)2)25-18-23-9-8-17(26-18)24-15-5-3-4-14(11-15)19(20,21)22/h3-11H,1-2H3,(H2,23,24,25,26). The van der Waals surface area contributed by atoms with Crippen LogP contribution in [0.25, 0.3) is 0 Å². The Bertz CT molecular complexity index is 923. The number of aromatic nitrogens is 2. The van der Waals surface area contributed by atoms with Gasteiger partial charge in [0.05, 0.1) is 5.56 Å². The van der Waals surface area contributed by atoms with Crippen molar-refractivity contribution in [2.24, 2.45) is 0 Å². The number of hydrogen-bond donors (Lipinski definition) is 2. The Morgan fingerprint density at radius 1 is 0.846 bits per heavy atom. The fourth-order valence-electron chi connectivity index (χ4n) is 2.36. The molecule has 1 aromatic heterocycles. The largest absolute Gasteiger partial charge is 0.416 e. The van der Waals surface area contributed by atoms with Crippen molar-refractivity contribution in [3.8, 4) is 0 Å². The van der Waals surface area contributed by atoms with Crippen molar-refractivity contribution in [3.05, 3.63) is 71.4 Å². The van der Waals surface area contributed by atoms with Crippen molar-refractivity contribution in [2.45, 2.75) is 20.0 Å². The van der Waals surface area contributed by atoms with Gasteiger partial charge in [-0.25, -0.2) is 4.98 Å². The highest BCUT2D eigenvalue weighted by Gasteiger charge is 2.30. The van der Waals surface area contributed by atoms with Crippen molar-refractivity contribution in [1.82, 2.24) is 9.97 Å². The maximum Gasteiger partial charge on any atom is 0.416 e. The normalized spacial score (nSPS) is 11.3. The quantitative estimate of drug-likeness (QED) is 0.637. The molecule has 0 fully saturated rings. The van der Waals surface area contributed by atoms with E-state index in [1.165, 1.54) is 17.8 Å². The Morgan fingerprint density at radius 2 is 1.62 bits per heavy atom. The summed E-state index contributed by atoms with van der Waals surface area (Å²) in [4.78, 5) is 8.44. The van der Waals surface area contributed by atoms with Gasteiger partial charge in [-0.05, 0) is 61.4 Å². The summed E-state index contributed by atoms with van der Waals surface area (Å²) in [6.45, 7) is 4.03. The second kappa shape index (κ2) is 7.03. The van der Waals surface area contributed by atoms with Gasteiger partial charge < -0.3 is 10.6 Å². The number of nitrogens with one attached hydrogen (secondary N) is 2. The highest BCUT2D eigenvalue weighted by Crippen LogP contribution is 2.31. The fourth-order valence-corrected chi connectivity index (χ4v) is 2.36. The van der Waals surface area contributed by atoms with Gasteiger partial charge in [-0.15, -0.1) is 0 Å². The molecule has 26 heavy (non-hydrogen) atoms. The van der Waals surface area contributed by atoms with Crippen LogP contribution < -0.4 is 10.6 Å². The lowest BCUT2D eigenvalue weighted by Crippen LogP contribution is -2.05. The molecule has 2 N–H and O–H groups in total. The molecule has 1 heterocycles. The molecule has 2 aromatic carbocycles. The lowest BCUT2D eigenvalue weighted by Gasteiger charge is -2.11. The molecule has 0 radical (unpaired) electrons. The molecule has 0 aliphatic rings. The second-order valence-corrected chi connectivity index (χ2v) is 5.89. The van der Waals surface area contributed by atoms with Gasteiger partial charge in [0.15, 0.2) is 0 Å². The topological polar surface area (TPSA) is 49.8 Å². The zero-order valence-corrected chi connectivity index (χ0v) is 14.2. The molecule has 3 aromatic rings. The lowest BCUT2D eigenvalue weighted by molar-refractivity contribution is -0.137. The smallest absolute Gasteiger partial charge is 0.340 e. The molecule has 0 aliphatic carbocycles. The maximum absolute atomic E-state index is 12.8. The monoisotopic (exact) mass is 358 g/mol. The summed E-state index contributed by atoms with van der Waals surface area (Å²) in [6.07, 6.45) is -2.86. The van der Waals surface area contributed by atoms with E-state index < -0.39 is 11.7 Å². The third-order valence-electron chi connectivity index (χ3n) is 3.88. The highest BCUT2D eigenvalue weighted by atomic mass is 19.4. The Hall–Kier alpha value is -3.09. The summed E-state index contributed by atoms with van der Waals surface area (Å²) in [5.74, 6) is 0.746. The summed E-state index contributed by atoms with van der Waals surface area (Å²) >= 11 is 0. The summed E-state index contributed by atoms with van der Waals surface area (Å²) in [5, 5.41) is 5.96. The number of alkyl halides is 3. The van der Waals surface area contributed by atoms with Crippen LogP contribution in [0.1, 0.15) is 16.7 Å². The molecular weight excluding hydrogens is 341 g/mol. The Morgan fingerprint density at radius 3 is 2.35 bits per heavy atom. The number of anilines is 4. The number of benzene rings is 2. The molecule has 7 heteroatoms. The van der Waals surface area contributed by atoms with E-state index in [4.69, 9.17) is 0 Å². The van der Waals surface area contributed by atoms with Crippen molar-refractivity contribution in [1.29, 1.82) is 0 Å². The number of hydrogen-bond acceptors (Lipinski definition) is 4. The molecule has 0 saturated heterocycles. The van der Waals surface area contributed by atoms with Crippen molar-refractivity contribution in [2.75, 3.05) is 10.6 Å². The zero-order chi connectivity index (χ0) is 18.7. The highest BCUT2D eigenvalue weighted by molar-refractivity contribution is 5.60. The van der Waals surface area contributed by atoms with Crippen LogP contribution in [0.3, 0.4) is 0 Å². The van der Waals surface area contributed by atoms with Gasteiger partial charge in [0.25, 0.3) is 0 Å². The SMILES string of the molecule is Cc1ccc(Nc2nccc(Nc3cccc(C(F)(F)F)c3)n2)cc1C. The van der Waals surface area contributed by atoms with Crippen molar-refractivity contribution >= 4 is 23.1 Å². The molecular formula is C19H17F3N4. The van der Waals surface area contributed by atoms with Crippen LogP contribution in [-0.4, -0.2) is 9.97 Å². The molecule has 4 nitrogen and oxygen atoms in total. The molecule has 0 saturated carbocycles. The van der Waals surface area contributed by atoms with Gasteiger partial charge in [0.1, 0.15) is 5.82 Å². The average Bonchev–Trinajstić information content (AvgIpc) is 2.58. The number of aryl methyl sites for hydroxylation is 2. The molecule has 0 atom stereocenters. The van der Waals surface area contributed by atoms with E-state index in [0.717, 1.165) is 23.4 Å². The molecule has 0 aliphatic heterocycles. The Labute approximate surface area is 149 Å². The van der Waals surface area contributed by atoms with Gasteiger partial charge in [0, 0.05) is 17.6 Å². The first kappa shape index (κ1) is 17.7. The Balaban J connectivity index is 1.78. The number of rotatable bonds is 4. The lowest BCUT2D eigenvalue weighted by atomic mass is 10.1. The van der Waals surface area contributed by atoms with Crippen LogP contribution in [-0.2, 0) is 6.18 Å². The third kappa shape index (κ3) is 4.30. The minimum atomic E-state index is -4.39. The average molecular weight is 358 g/mol. The summed E-state index contributed by atoms with van der Waals surface area (Å²) in [5.41, 5.74) is 2.73. The summed E-state index contributed by atoms with van der Waals surface area (Å²) in [6, 6.07) is 12.4. The molecule has 0 bridgehead atoms. The van der Waals surface area contributed by atoms with Crippen molar-refractivity contribution in [3.63, 3.8) is 0 Å². The van der Waals surface area contributed by atoms with Crippen LogP contribution in [0.2, 0.25) is 0 Å². The van der Waals surface area contributed by atoms with E-state index >= 15 is 0 Å². The first-order valence-electron chi connectivity index (χ1n) is 7.93. The second-order valence-electron chi connectivity index (χ2n) is 5.89. The Kier molecular flexibility index (Phi) is 4.79. The van der Waals surface area contributed by atoms with Gasteiger partial charge in [-0.2, -0.15) is 18.2 Å². The minimum absolute atomic E-state index is 0.302. The van der Waals surface area contributed by atoms with Crippen LogP contribution >= 0.6 is 0 Å². The first-order chi connectivity index (χ1) is 12.3. The van der Waals surface area contributed by atoms with E-state index in [2.05, 4.69) is 20.6 Å². The van der Waals surface area contributed by atoms with E-state index in [0.29, 0.717) is 17.5 Å². The van der Waals surface area contributed by atoms with Gasteiger partial charge >= 0.3 is 6.18 Å². The molecule has 3 rings (SSSR count). The summed E-state index contributed by atoms with van der Waals surface area (Å²) in [7, 11) is 0. The fraction of sp³-hybridized carbons (Fsp3) is 0.158. The van der Waals surface area contributed by atoms with Gasteiger partial charge in [-0.1, -0.05) is 12.1 Å². The number of halogens is 3. The van der Waals surface area contributed by atoms with Crippen LogP contribution in [0, 0.1) is 13.8 Å². The zero-order valence-electron chi connectivity index (χ0n) is 14.2. The maximum atomic E-state index is 12.8. The molecule has 0 unspecified atom stereocenters. The van der Waals surface area contributed by atoms with Gasteiger partial charge in [0.2, 0.25) is 5.95 Å². The molecule has 0 spiro atoms. The van der Waals surface area contributed by atoms with Crippen LogP contribution in [0.15, 0.2) is 54.7 Å². The molecule has 134 valence electrons. The molecule has 0 amide bonds. The van der Waals surface area contributed by atoms with E-state index in [-0.39, 0.29) is 0 Å². The minimum Gasteiger partial charge on any atom is -0.340 e. The van der Waals surface area contributed by atoms with Crippen LogP contribution in [0.5, 0.6) is 0 Å². The van der Waals surface area contributed by atoms with Crippen molar-refractivity contribution < 1.29 is 13.2 Å². The predicted octanol–water partition coefficient (Wildman–Crippen LogP) is 5.60. The van der Waals surface area contributed by atoms with Crippen LogP contribution in [0.4, 0.5) is 36.3 Å². The van der Waals surface area contributed by atoms with E-state index in [9.17, 15) is 13.2 Å². The predicted molar refractivity (Wildman–Crippen MR) is 96.0 cm³/mol. The third-order valence-corrected chi connectivity index (χ3v) is 3.88. The van der Waals surface area contributed by atoms with E-state index in [1.807, 2.05) is 32.0 Å².